The molecule has 3 aromatic rings. The van der Waals surface area contributed by atoms with E-state index >= 15 is 0 Å². The molecule has 0 bridgehead atoms. The summed E-state index contributed by atoms with van der Waals surface area (Å²) in [7, 11) is 0. The number of benzene rings is 2. The van der Waals surface area contributed by atoms with Crippen molar-refractivity contribution in [2.75, 3.05) is 0 Å². The Hall–Kier alpha value is -2.88. The van der Waals surface area contributed by atoms with Gasteiger partial charge in [0.1, 0.15) is 11.1 Å². The minimum Gasteiger partial charge on any atom is -0.422 e. The summed E-state index contributed by atoms with van der Waals surface area (Å²) in [6.07, 6.45) is 0. The Balaban J connectivity index is 1.92. The lowest BCUT2D eigenvalue weighted by molar-refractivity contribution is 0.0936. The number of hydrogen-bond donors (Lipinski definition) is 1. The van der Waals surface area contributed by atoms with Crippen LogP contribution >= 0.6 is 0 Å². The van der Waals surface area contributed by atoms with Crippen LogP contribution in [0, 0.1) is 6.92 Å². The molecule has 23 heavy (non-hydrogen) atoms. The molecule has 0 radical (unpaired) electrons. The highest BCUT2D eigenvalue weighted by atomic mass is 16.4. The monoisotopic (exact) mass is 307 g/mol. The topological polar surface area (TPSA) is 59.3 Å². The van der Waals surface area contributed by atoms with Crippen LogP contribution in [0.1, 0.15) is 34.5 Å². The number of amides is 1. The standard InChI is InChI=1S/C19H17NO3/c1-12-7-6-10-15-11-16(19(22)23-17(12)15)18(21)20-13(2)14-8-4-3-5-9-14/h3-11,13H,1-2H3,(H,20,21)/t13-/m1/s1. The third-order valence-corrected chi connectivity index (χ3v) is 3.85. The van der Waals surface area contributed by atoms with Gasteiger partial charge < -0.3 is 9.73 Å². The summed E-state index contributed by atoms with van der Waals surface area (Å²) in [5, 5.41) is 3.57. The summed E-state index contributed by atoms with van der Waals surface area (Å²) < 4.78 is 5.32. The zero-order chi connectivity index (χ0) is 16.4. The van der Waals surface area contributed by atoms with Gasteiger partial charge in [0.25, 0.3) is 5.91 Å². The number of hydrogen-bond acceptors (Lipinski definition) is 3. The van der Waals surface area contributed by atoms with Crippen LogP contribution in [0.2, 0.25) is 0 Å². The fourth-order valence-corrected chi connectivity index (χ4v) is 2.55. The molecule has 2 aromatic carbocycles. The lowest BCUT2D eigenvalue weighted by Crippen LogP contribution is -2.30. The van der Waals surface area contributed by atoms with Gasteiger partial charge in [0, 0.05) is 5.39 Å². The van der Waals surface area contributed by atoms with Crippen molar-refractivity contribution in [3.05, 3.63) is 81.7 Å². The molecule has 0 aliphatic carbocycles. The first-order valence-corrected chi connectivity index (χ1v) is 7.45. The summed E-state index contributed by atoms with van der Waals surface area (Å²) in [6.45, 7) is 3.74. The number of para-hydroxylation sites is 1. The van der Waals surface area contributed by atoms with E-state index in [0.717, 1.165) is 16.5 Å². The van der Waals surface area contributed by atoms with Gasteiger partial charge in [-0.05, 0) is 31.0 Å². The molecular formula is C19H17NO3. The number of carbonyl (C=O) groups is 1. The average Bonchev–Trinajstić information content (AvgIpc) is 2.56. The van der Waals surface area contributed by atoms with Crippen LogP contribution < -0.4 is 10.9 Å². The Morgan fingerprint density at radius 2 is 1.83 bits per heavy atom. The molecule has 1 N–H and O–H groups in total. The van der Waals surface area contributed by atoms with Gasteiger partial charge in [-0.1, -0.05) is 48.5 Å². The second kappa shape index (κ2) is 6.08. The van der Waals surface area contributed by atoms with Crippen LogP contribution in [0.25, 0.3) is 11.0 Å². The molecule has 3 rings (SSSR count). The van der Waals surface area contributed by atoms with Gasteiger partial charge in [-0.3, -0.25) is 4.79 Å². The lowest BCUT2D eigenvalue weighted by atomic mass is 10.1. The number of fused-ring (bicyclic) bond motifs is 1. The normalized spacial score (nSPS) is 12.1. The minimum atomic E-state index is -0.621. The van der Waals surface area contributed by atoms with E-state index in [2.05, 4.69) is 5.32 Å². The lowest BCUT2D eigenvalue weighted by Gasteiger charge is -2.14. The fraction of sp³-hybridized carbons (Fsp3) is 0.158. The Morgan fingerprint density at radius 3 is 2.57 bits per heavy atom. The third kappa shape index (κ3) is 3.01. The summed E-state index contributed by atoms with van der Waals surface area (Å²) >= 11 is 0. The zero-order valence-electron chi connectivity index (χ0n) is 13.0. The van der Waals surface area contributed by atoms with Gasteiger partial charge in [-0.2, -0.15) is 0 Å². The van der Waals surface area contributed by atoms with Crippen molar-refractivity contribution in [1.29, 1.82) is 0 Å². The molecule has 1 aromatic heterocycles. The van der Waals surface area contributed by atoms with Gasteiger partial charge in [0.15, 0.2) is 0 Å². The first kappa shape index (κ1) is 15.0. The predicted molar refractivity (Wildman–Crippen MR) is 89.5 cm³/mol. The van der Waals surface area contributed by atoms with Gasteiger partial charge in [0.05, 0.1) is 6.04 Å². The summed E-state index contributed by atoms with van der Waals surface area (Å²) in [4.78, 5) is 24.5. The Labute approximate surface area is 133 Å². The van der Waals surface area contributed by atoms with E-state index in [1.807, 2.05) is 62.4 Å². The van der Waals surface area contributed by atoms with Gasteiger partial charge >= 0.3 is 5.63 Å². The maximum Gasteiger partial charge on any atom is 0.349 e. The van der Waals surface area contributed by atoms with Crippen molar-refractivity contribution in [3.63, 3.8) is 0 Å². The van der Waals surface area contributed by atoms with Crippen LogP contribution in [0.5, 0.6) is 0 Å². The fourth-order valence-electron chi connectivity index (χ4n) is 2.55. The Morgan fingerprint density at radius 1 is 1.09 bits per heavy atom. The van der Waals surface area contributed by atoms with Gasteiger partial charge in [-0.15, -0.1) is 0 Å². The average molecular weight is 307 g/mol. The highest BCUT2D eigenvalue weighted by molar-refractivity contribution is 5.97. The molecule has 1 atom stereocenters. The molecule has 0 saturated heterocycles. The maximum absolute atomic E-state index is 12.4. The first-order chi connectivity index (χ1) is 11.1. The van der Waals surface area contributed by atoms with Crippen molar-refractivity contribution in [3.8, 4) is 0 Å². The molecule has 0 unspecified atom stereocenters. The molecule has 4 nitrogen and oxygen atoms in total. The first-order valence-electron chi connectivity index (χ1n) is 7.45. The molecule has 116 valence electrons. The summed E-state index contributed by atoms with van der Waals surface area (Å²) in [5.41, 5.74) is 1.76. The van der Waals surface area contributed by atoms with Crippen molar-refractivity contribution < 1.29 is 9.21 Å². The van der Waals surface area contributed by atoms with E-state index in [9.17, 15) is 9.59 Å². The zero-order valence-corrected chi connectivity index (χ0v) is 13.0. The van der Waals surface area contributed by atoms with Crippen LogP contribution in [0.15, 0.2) is 63.8 Å². The molecule has 4 heteroatoms. The summed E-state index contributed by atoms with van der Waals surface area (Å²) in [6, 6.07) is 16.5. The van der Waals surface area contributed by atoms with Crippen molar-refractivity contribution in [2.24, 2.45) is 0 Å². The molecule has 0 saturated carbocycles. The number of carbonyl (C=O) groups excluding carboxylic acids is 1. The largest absolute Gasteiger partial charge is 0.422 e. The van der Waals surface area contributed by atoms with E-state index in [1.165, 1.54) is 0 Å². The highest BCUT2D eigenvalue weighted by Gasteiger charge is 2.17. The van der Waals surface area contributed by atoms with E-state index < -0.39 is 11.5 Å². The smallest absolute Gasteiger partial charge is 0.349 e. The second-order valence-corrected chi connectivity index (χ2v) is 5.55. The van der Waals surface area contributed by atoms with Crippen LogP contribution in [-0.2, 0) is 0 Å². The van der Waals surface area contributed by atoms with E-state index in [-0.39, 0.29) is 11.6 Å². The number of rotatable bonds is 3. The molecule has 0 aliphatic rings. The Kier molecular flexibility index (Phi) is 3.98. The Bertz CT molecular complexity index is 913. The number of aryl methyl sites for hydroxylation is 1. The second-order valence-electron chi connectivity index (χ2n) is 5.55. The predicted octanol–water partition coefficient (Wildman–Crippen LogP) is 3.59. The summed E-state index contributed by atoms with van der Waals surface area (Å²) in [5.74, 6) is -0.432. The van der Waals surface area contributed by atoms with Crippen molar-refractivity contribution in [1.82, 2.24) is 5.32 Å². The third-order valence-electron chi connectivity index (χ3n) is 3.85. The SMILES string of the molecule is Cc1cccc2cc(C(=O)N[C@H](C)c3ccccc3)c(=O)oc12. The molecular weight excluding hydrogens is 290 g/mol. The van der Waals surface area contributed by atoms with Crippen LogP contribution in [-0.4, -0.2) is 5.91 Å². The molecule has 1 amide bonds. The van der Waals surface area contributed by atoms with E-state index in [0.29, 0.717) is 5.58 Å². The quantitative estimate of drug-likeness (QED) is 0.752. The highest BCUT2D eigenvalue weighted by Crippen LogP contribution is 2.18. The van der Waals surface area contributed by atoms with Crippen LogP contribution in [0.3, 0.4) is 0 Å². The van der Waals surface area contributed by atoms with E-state index in [4.69, 9.17) is 4.42 Å². The minimum absolute atomic E-state index is 0.0193. The molecule has 0 aliphatic heterocycles. The van der Waals surface area contributed by atoms with Crippen molar-refractivity contribution in [2.45, 2.75) is 19.9 Å². The maximum atomic E-state index is 12.4. The molecule has 0 spiro atoms. The van der Waals surface area contributed by atoms with E-state index in [1.54, 1.807) is 6.07 Å². The van der Waals surface area contributed by atoms with Gasteiger partial charge in [-0.25, -0.2) is 4.79 Å². The molecule has 0 fully saturated rings. The molecule has 1 heterocycles. The number of nitrogens with one attached hydrogen (secondary N) is 1. The van der Waals surface area contributed by atoms with Gasteiger partial charge in [0.2, 0.25) is 0 Å². The van der Waals surface area contributed by atoms with Crippen LogP contribution in [0.4, 0.5) is 0 Å². The van der Waals surface area contributed by atoms with Crippen molar-refractivity contribution >= 4 is 16.9 Å².